The highest BCUT2D eigenvalue weighted by atomic mass is 16.5. The number of anilines is 2. The number of aryl methyl sites for hydroxylation is 1. The summed E-state index contributed by atoms with van der Waals surface area (Å²) < 4.78 is 11.2. The van der Waals surface area contributed by atoms with Crippen LogP contribution in [0.4, 0.5) is 11.4 Å². The molecule has 156 valence electrons. The molecule has 2 radical (unpaired) electrons. The quantitative estimate of drug-likeness (QED) is 0.545. The summed E-state index contributed by atoms with van der Waals surface area (Å²) in [6.45, 7) is 17.7. The van der Waals surface area contributed by atoms with Gasteiger partial charge in [0.1, 0.15) is 12.4 Å². The number of hydrogen-bond acceptors (Lipinski definition) is 4. The molecular weight excluding hydrogens is 360 g/mol. The van der Waals surface area contributed by atoms with Crippen molar-refractivity contribution in [3.8, 4) is 5.75 Å². The van der Waals surface area contributed by atoms with Crippen molar-refractivity contribution >= 4 is 11.4 Å². The number of methoxy groups -OCH3 is 1. The number of benzene rings is 2. The van der Waals surface area contributed by atoms with E-state index in [4.69, 9.17) is 9.47 Å². The summed E-state index contributed by atoms with van der Waals surface area (Å²) in [6.07, 6.45) is 0. The molecule has 3 rings (SSSR count). The average Bonchev–Trinajstić information content (AvgIpc) is 3.16. The summed E-state index contributed by atoms with van der Waals surface area (Å²) in [7, 11) is 1.69. The highest BCUT2D eigenvalue weighted by Crippen LogP contribution is 2.40. The van der Waals surface area contributed by atoms with Gasteiger partial charge in [0.15, 0.2) is 0 Å². The van der Waals surface area contributed by atoms with Gasteiger partial charge in [-0.15, -0.1) is 0 Å². The highest BCUT2D eigenvalue weighted by molar-refractivity contribution is 5.70. The van der Waals surface area contributed by atoms with Gasteiger partial charge in [0.2, 0.25) is 6.67 Å². The largest absolute Gasteiger partial charge is 0.489 e. The third kappa shape index (κ3) is 4.69. The van der Waals surface area contributed by atoms with Gasteiger partial charge in [-0.1, -0.05) is 58.0 Å². The van der Waals surface area contributed by atoms with Crippen LogP contribution in [0.25, 0.3) is 0 Å². The zero-order valence-electron chi connectivity index (χ0n) is 18.7. The van der Waals surface area contributed by atoms with Crippen LogP contribution in [0.1, 0.15) is 56.2 Å². The molecule has 0 amide bonds. The summed E-state index contributed by atoms with van der Waals surface area (Å²) in [5.74, 6) is 1.81. The molecule has 4 nitrogen and oxygen atoms in total. The van der Waals surface area contributed by atoms with Crippen LogP contribution < -0.4 is 14.5 Å². The highest BCUT2D eigenvalue weighted by Gasteiger charge is 2.29. The van der Waals surface area contributed by atoms with E-state index in [0.29, 0.717) is 25.0 Å². The standard InChI is InChI=1S/C25H34N2O2/c1-18(2)21-10-8-11-22(19(3)4)25(21)27-14-13-26(17-27)24-20(5)9-7-12-23(24)29-16-15-28-6/h7-12,18-19H,13-16H2,1-6H3. The molecule has 0 saturated carbocycles. The SMILES string of the molecule is COCCOc1cccc(C)c1N1[C]N(c2c(C(C)C)cccc2C(C)C)CC1. The Hall–Kier alpha value is -2.20. The normalized spacial score (nSPS) is 14.3. The molecule has 1 saturated heterocycles. The van der Waals surface area contributed by atoms with Gasteiger partial charge >= 0.3 is 0 Å². The second kappa shape index (κ2) is 9.53. The maximum atomic E-state index is 6.01. The second-order valence-electron chi connectivity index (χ2n) is 8.26. The van der Waals surface area contributed by atoms with Crippen LogP contribution in [0.3, 0.4) is 0 Å². The molecule has 0 atom stereocenters. The predicted octanol–water partition coefficient (Wildman–Crippen LogP) is 5.59. The fourth-order valence-electron chi connectivity index (χ4n) is 3.92. The van der Waals surface area contributed by atoms with Gasteiger partial charge in [0, 0.05) is 25.9 Å². The number of para-hydroxylation sites is 2. The lowest BCUT2D eigenvalue weighted by molar-refractivity contribution is 0.146. The van der Waals surface area contributed by atoms with E-state index in [1.54, 1.807) is 7.11 Å². The van der Waals surface area contributed by atoms with Crippen molar-refractivity contribution in [3.05, 3.63) is 59.8 Å². The lowest BCUT2D eigenvalue weighted by atomic mass is 9.92. The molecule has 1 aliphatic heterocycles. The van der Waals surface area contributed by atoms with E-state index < -0.39 is 0 Å². The molecular formula is C25H34N2O2. The van der Waals surface area contributed by atoms with Gasteiger partial charge in [-0.05, 0) is 41.5 Å². The van der Waals surface area contributed by atoms with Crippen LogP contribution in [0, 0.1) is 13.6 Å². The first-order valence-corrected chi connectivity index (χ1v) is 10.6. The Bertz CT molecular complexity index is 790. The fourth-order valence-corrected chi connectivity index (χ4v) is 3.92. The monoisotopic (exact) mass is 394 g/mol. The molecule has 2 aromatic carbocycles. The lowest BCUT2D eigenvalue weighted by Crippen LogP contribution is -2.22. The van der Waals surface area contributed by atoms with E-state index in [-0.39, 0.29) is 0 Å². The van der Waals surface area contributed by atoms with Crippen LogP contribution in [-0.4, -0.2) is 33.4 Å². The van der Waals surface area contributed by atoms with E-state index in [1.807, 2.05) is 12.1 Å². The third-order valence-electron chi connectivity index (χ3n) is 5.42. The van der Waals surface area contributed by atoms with E-state index in [2.05, 4.69) is 75.4 Å². The second-order valence-corrected chi connectivity index (χ2v) is 8.26. The average molecular weight is 395 g/mol. The third-order valence-corrected chi connectivity index (χ3v) is 5.42. The fraction of sp³-hybridized carbons (Fsp3) is 0.480. The van der Waals surface area contributed by atoms with Gasteiger partial charge in [0.05, 0.1) is 12.3 Å². The first-order valence-electron chi connectivity index (χ1n) is 10.6. The van der Waals surface area contributed by atoms with Crippen molar-refractivity contribution in [3.63, 3.8) is 0 Å². The molecule has 0 unspecified atom stereocenters. The predicted molar refractivity (Wildman–Crippen MR) is 121 cm³/mol. The number of hydrogen-bond donors (Lipinski definition) is 0. The summed E-state index contributed by atoms with van der Waals surface area (Å²) in [6, 6.07) is 12.9. The van der Waals surface area contributed by atoms with Crippen molar-refractivity contribution in [2.45, 2.75) is 46.5 Å². The van der Waals surface area contributed by atoms with Crippen molar-refractivity contribution in [2.24, 2.45) is 0 Å². The van der Waals surface area contributed by atoms with Crippen molar-refractivity contribution in [2.75, 3.05) is 43.2 Å². The molecule has 4 heteroatoms. The Labute approximate surface area is 176 Å². The maximum Gasteiger partial charge on any atom is 0.209 e. The first kappa shape index (κ1) is 21.5. The summed E-state index contributed by atoms with van der Waals surface area (Å²) in [5.41, 5.74) is 6.36. The topological polar surface area (TPSA) is 24.9 Å². The molecule has 0 spiro atoms. The van der Waals surface area contributed by atoms with Crippen LogP contribution in [0.5, 0.6) is 5.75 Å². The van der Waals surface area contributed by atoms with Gasteiger partial charge in [-0.25, -0.2) is 0 Å². The minimum Gasteiger partial charge on any atom is -0.489 e. The smallest absolute Gasteiger partial charge is 0.209 e. The molecule has 2 aromatic rings. The Morgan fingerprint density at radius 2 is 1.45 bits per heavy atom. The number of nitrogens with zero attached hydrogens (tertiary/aromatic N) is 2. The lowest BCUT2D eigenvalue weighted by Gasteiger charge is -2.28. The molecule has 1 fully saturated rings. The summed E-state index contributed by atoms with van der Waals surface area (Å²) in [5, 5.41) is 0. The van der Waals surface area contributed by atoms with Gasteiger partial charge in [-0.3, -0.25) is 0 Å². The first-order chi connectivity index (χ1) is 13.9. The van der Waals surface area contributed by atoms with Crippen LogP contribution in [-0.2, 0) is 4.74 Å². The van der Waals surface area contributed by atoms with Crippen molar-refractivity contribution in [1.82, 2.24) is 0 Å². The molecule has 1 heterocycles. The Balaban J connectivity index is 1.90. The molecule has 0 N–H and O–H groups in total. The van der Waals surface area contributed by atoms with Crippen molar-refractivity contribution < 1.29 is 9.47 Å². The van der Waals surface area contributed by atoms with Crippen LogP contribution in [0.2, 0.25) is 0 Å². The van der Waals surface area contributed by atoms with Gasteiger partial charge < -0.3 is 19.3 Å². The van der Waals surface area contributed by atoms with E-state index in [1.165, 1.54) is 22.4 Å². The number of rotatable bonds is 8. The summed E-state index contributed by atoms with van der Waals surface area (Å²) >= 11 is 0. The Kier molecular flexibility index (Phi) is 7.07. The minimum atomic E-state index is 0.464. The maximum absolute atomic E-state index is 6.01. The van der Waals surface area contributed by atoms with Crippen molar-refractivity contribution in [1.29, 1.82) is 0 Å². The molecule has 1 aliphatic rings. The number of ether oxygens (including phenoxy) is 2. The van der Waals surface area contributed by atoms with Crippen LogP contribution >= 0.6 is 0 Å². The Morgan fingerprint density at radius 1 is 0.862 bits per heavy atom. The van der Waals surface area contributed by atoms with Crippen LogP contribution in [0.15, 0.2) is 36.4 Å². The zero-order valence-corrected chi connectivity index (χ0v) is 18.7. The van der Waals surface area contributed by atoms with Gasteiger partial charge in [0.25, 0.3) is 0 Å². The molecule has 29 heavy (non-hydrogen) atoms. The minimum absolute atomic E-state index is 0.464. The van der Waals surface area contributed by atoms with E-state index >= 15 is 0 Å². The van der Waals surface area contributed by atoms with Gasteiger partial charge in [-0.2, -0.15) is 0 Å². The van der Waals surface area contributed by atoms with E-state index in [9.17, 15) is 0 Å². The van der Waals surface area contributed by atoms with E-state index in [0.717, 1.165) is 24.5 Å². The molecule has 0 aromatic heterocycles. The molecule has 0 bridgehead atoms. The Morgan fingerprint density at radius 3 is 2.03 bits per heavy atom. The summed E-state index contributed by atoms with van der Waals surface area (Å²) in [4.78, 5) is 4.51. The zero-order chi connectivity index (χ0) is 21.0. The molecule has 0 aliphatic carbocycles.